The number of likely N-dealkylation sites (tertiary alicyclic amines) is 1. The molecule has 1 atom stereocenters. The van der Waals surface area contributed by atoms with Crippen molar-refractivity contribution < 1.29 is 14.3 Å². The minimum Gasteiger partial charge on any atom is -0.493 e. The molecule has 0 radical (unpaired) electrons. The Bertz CT molecular complexity index is 552. The molecule has 0 bridgehead atoms. The van der Waals surface area contributed by atoms with Gasteiger partial charge in [-0.25, -0.2) is 0 Å². The second kappa shape index (κ2) is 6.38. The molecule has 1 heterocycles. The molecule has 22 heavy (non-hydrogen) atoms. The molecule has 2 aliphatic rings. The molecule has 118 valence electrons. The topological polar surface area (TPSA) is 72.6 Å². The standard InChI is InChI=1S/C17H22N2O3/c18-16(20)14-2-1-9-19(10-14)17(21)13-5-7-15(8-6-13)22-11-12-3-4-12/h5-8,12,14H,1-4,9-11H2,(H2,18,20)/t14-/m1/s1. The van der Waals surface area contributed by atoms with Crippen LogP contribution < -0.4 is 10.5 Å². The normalized spacial score (nSPS) is 21.5. The molecule has 1 saturated carbocycles. The van der Waals surface area contributed by atoms with Crippen LogP contribution in [0.3, 0.4) is 0 Å². The summed E-state index contributed by atoms with van der Waals surface area (Å²) < 4.78 is 5.67. The van der Waals surface area contributed by atoms with Crippen LogP contribution >= 0.6 is 0 Å². The maximum absolute atomic E-state index is 12.5. The van der Waals surface area contributed by atoms with E-state index in [-0.39, 0.29) is 17.7 Å². The first-order valence-electron chi connectivity index (χ1n) is 7.95. The average Bonchev–Trinajstić information content (AvgIpc) is 3.37. The van der Waals surface area contributed by atoms with Crippen LogP contribution in [0, 0.1) is 11.8 Å². The number of primary amides is 1. The van der Waals surface area contributed by atoms with Crippen LogP contribution in [0.15, 0.2) is 24.3 Å². The van der Waals surface area contributed by atoms with Crippen molar-refractivity contribution in [2.24, 2.45) is 17.6 Å². The Hall–Kier alpha value is -2.04. The summed E-state index contributed by atoms with van der Waals surface area (Å²) in [7, 11) is 0. The lowest BCUT2D eigenvalue weighted by Gasteiger charge is -2.31. The van der Waals surface area contributed by atoms with E-state index in [1.807, 2.05) is 12.1 Å². The van der Waals surface area contributed by atoms with Gasteiger partial charge in [0.05, 0.1) is 12.5 Å². The lowest BCUT2D eigenvalue weighted by atomic mass is 9.97. The van der Waals surface area contributed by atoms with E-state index in [4.69, 9.17) is 10.5 Å². The molecule has 5 heteroatoms. The molecule has 2 amide bonds. The molecular weight excluding hydrogens is 280 g/mol. The van der Waals surface area contributed by atoms with E-state index in [9.17, 15) is 9.59 Å². The van der Waals surface area contributed by atoms with Crippen LogP contribution in [0.2, 0.25) is 0 Å². The molecule has 1 aromatic carbocycles. The van der Waals surface area contributed by atoms with Crippen molar-refractivity contribution in [3.63, 3.8) is 0 Å². The molecule has 2 N–H and O–H groups in total. The maximum atomic E-state index is 12.5. The number of piperidine rings is 1. The average molecular weight is 302 g/mol. The Balaban J connectivity index is 1.59. The molecule has 1 aromatic rings. The number of ether oxygens (including phenoxy) is 1. The predicted molar refractivity (Wildman–Crippen MR) is 82.5 cm³/mol. The zero-order chi connectivity index (χ0) is 15.5. The Kier molecular flexibility index (Phi) is 4.32. The molecule has 3 rings (SSSR count). The molecule has 5 nitrogen and oxygen atoms in total. The molecule has 2 fully saturated rings. The van der Waals surface area contributed by atoms with Gasteiger partial charge in [-0.05, 0) is 55.9 Å². The zero-order valence-electron chi connectivity index (χ0n) is 12.7. The van der Waals surface area contributed by atoms with Crippen LogP contribution in [-0.4, -0.2) is 36.4 Å². The van der Waals surface area contributed by atoms with Crippen molar-refractivity contribution in [2.45, 2.75) is 25.7 Å². The summed E-state index contributed by atoms with van der Waals surface area (Å²) in [5, 5.41) is 0. The van der Waals surface area contributed by atoms with Gasteiger partial charge in [-0.15, -0.1) is 0 Å². The smallest absolute Gasteiger partial charge is 0.253 e. The number of benzene rings is 1. The fraction of sp³-hybridized carbons (Fsp3) is 0.529. The number of rotatable bonds is 5. The van der Waals surface area contributed by atoms with Gasteiger partial charge in [0, 0.05) is 18.7 Å². The number of nitrogens with two attached hydrogens (primary N) is 1. The van der Waals surface area contributed by atoms with Crippen LogP contribution in [0.5, 0.6) is 5.75 Å². The van der Waals surface area contributed by atoms with E-state index in [0.29, 0.717) is 24.6 Å². The molecule has 1 aliphatic carbocycles. The minimum absolute atomic E-state index is 0.0420. The quantitative estimate of drug-likeness (QED) is 0.901. The first kappa shape index (κ1) is 14.9. The van der Waals surface area contributed by atoms with Crippen molar-refractivity contribution >= 4 is 11.8 Å². The number of amides is 2. The molecule has 0 spiro atoms. The third-order valence-corrected chi connectivity index (χ3v) is 4.39. The van der Waals surface area contributed by atoms with E-state index < -0.39 is 0 Å². The second-order valence-electron chi connectivity index (χ2n) is 6.27. The lowest BCUT2D eigenvalue weighted by Crippen LogP contribution is -2.44. The Morgan fingerprint density at radius 2 is 1.91 bits per heavy atom. The van der Waals surface area contributed by atoms with Gasteiger partial charge < -0.3 is 15.4 Å². The summed E-state index contributed by atoms with van der Waals surface area (Å²) in [6.07, 6.45) is 4.11. The van der Waals surface area contributed by atoms with Gasteiger partial charge in [-0.2, -0.15) is 0 Å². The number of nitrogens with zero attached hydrogens (tertiary/aromatic N) is 1. The van der Waals surface area contributed by atoms with E-state index in [1.165, 1.54) is 12.8 Å². The van der Waals surface area contributed by atoms with Gasteiger partial charge >= 0.3 is 0 Å². The van der Waals surface area contributed by atoms with E-state index in [1.54, 1.807) is 17.0 Å². The Morgan fingerprint density at radius 1 is 1.18 bits per heavy atom. The van der Waals surface area contributed by atoms with Gasteiger partial charge in [-0.3, -0.25) is 9.59 Å². The number of hydrogen-bond acceptors (Lipinski definition) is 3. The molecule has 1 saturated heterocycles. The number of carbonyl (C=O) groups is 2. The van der Waals surface area contributed by atoms with Crippen molar-refractivity contribution in [3.8, 4) is 5.75 Å². The summed E-state index contributed by atoms with van der Waals surface area (Å²) in [6.45, 7) is 1.87. The first-order chi connectivity index (χ1) is 10.6. The monoisotopic (exact) mass is 302 g/mol. The van der Waals surface area contributed by atoms with Crippen molar-refractivity contribution in [1.29, 1.82) is 0 Å². The summed E-state index contributed by atoms with van der Waals surface area (Å²) in [5.74, 6) is 0.928. The van der Waals surface area contributed by atoms with Crippen molar-refractivity contribution in [3.05, 3.63) is 29.8 Å². The fourth-order valence-electron chi connectivity index (χ4n) is 2.77. The van der Waals surface area contributed by atoms with E-state index in [2.05, 4.69) is 0 Å². The van der Waals surface area contributed by atoms with Crippen molar-refractivity contribution in [1.82, 2.24) is 4.90 Å². The summed E-state index contributed by atoms with van der Waals surface area (Å²) >= 11 is 0. The van der Waals surface area contributed by atoms with Gasteiger partial charge in [-0.1, -0.05) is 0 Å². The van der Waals surface area contributed by atoms with Crippen LogP contribution in [0.25, 0.3) is 0 Å². The SMILES string of the molecule is NC(=O)[C@@H]1CCCN(C(=O)c2ccc(OCC3CC3)cc2)C1. The Morgan fingerprint density at radius 3 is 2.55 bits per heavy atom. The van der Waals surface area contributed by atoms with Crippen molar-refractivity contribution in [2.75, 3.05) is 19.7 Å². The van der Waals surface area contributed by atoms with Gasteiger partial charge in [0.15, 0.2) is 0 Å². The second-order valence-corrected chi connectivity index (χ2v) is 6.27. The highest BCUT2D eigenvalue weighted by Gasteiger charge is 2.27. The third-order valence-electron chi connectivity index (χ3n) is 4.39. The highest BCUT2D eigenvalue weighted by atomic mass is 16.5. The maximum Gasteiger partial charge on any atom is 0.253 e. The molecule has 1 aliphatic heterocycles. The van der Waals surface area contributed by atoms with Crippen LogP contribution in [-0.2, 0) is 4.79 Å². The predicted octanol–water partition coefficient (Wildman–Crippen LogP) is 1.81. The van der Waals surface area contributed by atoms with E-state index in [0.717, 1.165) is 25.2 Å². The Labute approximate surface area is 130 Å². The fourth-order valence-corrected chi connectivity index (χ4v) is 2.77. The van der Waals surface area contributed by atoms with E-state index >= 15 is 0 Å². The first-order valence-corrected chi connectivity index (χ1v) is 7.95. The molecule has 0 unspecified atom stereocenters. The number of carbonyl (C=O) groups excluding carboxylic acids is 2. The zero-order valence-corrected chi connectivity index (χ0v) is 12.7. The van der Waals surface area contributed by atoms with Gasteiger partial charge in [0.25, 0.3) is 5.91 Å². The highest BCUT2D eigenvalue weighted by molar-refractivity contribution is 5.94. The largest absolute Gasteiger partial charge is 0.493 e. The summed E-state index contributed by atoms with van der Waals surface area (Å²) in [4.78, 5) is 25.5. The molecule has 0 aromatic heterocycles. The van der Waals surface area contributed by atoms with Crippen LogP contribution in [0.4, 0.5) is 0 Å². The third kappa shape index (κ3) is 3.59. The number of hydrogen-bond donors (Lipinski definition) is 1. The lowest BCUT2D eigenvalue weighted by molar-refractivity contribution is -0.123. The van der Waals surface area contributed by atoms with Crippen LogP contribution in [0.1, 0.15) is 36.0 Å². The molecular formula is C17H22N2O3. The van der Waals surface area contributed by atoms with Gasteiger partial charge in [0.2, 0.25) is 5.91 Å². The van der Waals surface area contributed by atoms with Gasteiger partial charge in [0.1, 0.15) is 5.75 Å². The highest BCUT2D eigenvalue weighted by Crippen LogP contribution is 2.29. The summed E-state index contributed by atoms with van der Waals surface area (Å²) in [6, 6.07) is 7.26. The summed E-state index contributed by atoms with van der Waals surface area (Å²) in [5.41, 5.74) is 5.99. The minimum atomic E-state index is -0.318.